The first-order valence-electron chi connectivity index (χ1n) is 3.57. The van der Waals surface area contributed by atoms with Crippen molar-refractivity contribution < 1.29 is 13.2 Å². The van der Waals surface area contributed by atoms with Crippen molar-refractivity contribution in [2.24, 2.45) is 18.6 Å². The van der Waals surface area contributed by atoms with Gasteiger partial charge in [0, 0.05) is 13.2 Å². The van der Waals surface area contributed by atoms with Crippen molar-refractivity contribution in [2.75, 3.05) is 0 Å². The number of carbonyl (C=O) groups excluding carboxylic acids is 1. The summed E-state index contributed by atoms with van der Waals surface area (Å²) in [6, 6.07) is 1.15. The number of nitrogens with two attached hydrogens (primary N) is 2. The first kappa shape index (κ1) is 10.7. The largest absolute Gasteiger partial charge is 0.364 e. The van der Waals surface area contributed by atoms with E-state index < -0.39 is 15.9 Å². The molecule has 0 fully saturated rings. The summed E-state index contributed by atoms with van der Waals surface area (Å²) in [6.07, 6.45) is 1.25. The van der Waals surface area contributed by atoms with Crippen LogP contribution >= 0.6 is 0 Å². The van der Waals surface area contributed by atoms with Gasteiger partial charge >= 0.3 is 0 Å². The molecule has 0 aliphatic heterocycles. The molecule has 0 atom stereocenters. The van der Waals surface area contributed by atoms with E-state index in [-0.39, 0.29) is 10.6 Å². The molecule has 0 radical (unpaired) electrons. The third kappa shape index (κ3) is 1.76. The van der Waals surface area contributed by atoms with Gasteiger partial charge in [-0.2, -0.15) is 4.83 Å². The van der Waals surface area contributed by atoms with Crippen LogP contribution in [0, 0.1) is 0 Å². The van der Waals surface area contributed by atoms with Gasteiger partial charge in [0.05, 0.1) is 0 Å². The number of primary amides is 1. The second kappa shape index (κ2) is 3.40. The second-order valence-electron chi connectivity index (χ2n) is 2.66. The minimum atomic E-state index is -3.73. The molecule has 0 aliphatic rings. The summed E-state index contributed by atoms with van der Waals surface area (Å²) in [4.78, 5) is 12.3. The van der Waals surface area contributed by atoms with Gasteiger partial charge in [-0.15, -0.1) is 0 Å². The summed E-state index contributed by atoms with van der Waals surface area (Å²) in [5.74, 6) is 4.11. The van der Waals surface area contributed by atoms with Gasteiger partial charge in [0.25, 0.3) is 15.9 Å². The summed E-state index contributed by atoms with van der Waals surface area (Å²) < 4.78 is 23.7. The van der Waals surface area contributed by atoms with Crippen molar-refractivity contribution in [2.45, 2.75) is 4.90 Å². The molecule has 7 nitrogen and oxygen atoms in total. The van der Waals surface area contributed by atoms with Crippen molar-refractivity contribution in [3.05, 3.63) is 18.0 Å². The normalized spacial score (nSPS) is 11.6. The fraction of sp³-hybridized carbons (Fsp3) is 0.167. The van der Waals surface area contributed by atoms with Gasteiger partial charge in [-0.25, -0.2) is 8.42 Å². The molecule has 5 N–H and O–H groups in total. The molecule has 8 heteroatoms. The maximum atomic E-state index is 11.2. The molecule has 1 rings (SSSR count). The Morgan fingerprint density at radius 1 is 1.57 bits per heavy atom. The van der Waals surface area contributed by atoms with E-state index in [1.54, 1.807) is 4.83 Å². The number of aryl methyl sites for hydroxylation is 1. The number of aromatic nitrogens is 1. The Morgan fingerprint density at radius 3 is 2.50 bits per heavy atom. The average molecular weight is 218 g/mol. The lowest BCUT2D eigenvalue weighted by molar-refractivity contribution is 0.0992. The monoisotopic (exact) mass is 218 g/mol. The number of hydrogen-bond donors (Lipinski definition) is 3. The number of hydrogen-bond acceptors (Lipinski definition) is 4. The maximum absolute atomic E-state index is 11.2. The van der Waals surface area contributed by atoms with Crippen LogP contribution in [0.4, 0.5) is 0 Å². The number of amides is 1. The van der Waals surface area contributed by atoms with Gasteiger partial charge in [-0.05, 0) is 6.07 Å². The minimum Gasteiger partial charge on any atom is -0.364 e. The molecule has 0 aromatic carbocycles. The number of rotatable bonds is 3. The standard InChI is InChI=1S/C6H10N4O3S/c1-10-3-4(14(12,13)9-8)2-5(10)6(7)11/h2-3,9H,8H2,1H3,(H2,7,11). The highest BCUT2D eigenvalue weighted by molar-refractivity contribution is 7.89. The number of nitrogens with zero attached hydrogens (tertiary/aromatic N) is 1. The van der Waals surface area contributed by atoms with Crippen LogP contribution in [-0.4, -0.2) is 18.9 Å². The molecular weight excluding hydrogens is 208 g/mol. The lowest BCUT2D eigenvalue weighted by Gasteiger charge is -1.95. The molecule has 0 aliphatic carbocycles. The Balaban J connectivity index is 3.29. The van der Waals surface area contributed by atoms with E-state index in [2.05, 4.69) is 0 Å². The van der Waals surface area contributed by atoms with Crippen molar-refractivity contribution in [3.63, 3.8) is 0 Å². The summed E-state index contributed by atoms with van der Waals surface area (Å²) >= 11 is 0. The fourth-order valence-corrected chi connectivity index (χ4v) is 1.69. The van der Waals surface area contributed by atoms with Crippen molar-refractivity contribution in [1.29, 1.82) is 0 Å². The van der Waals surface area contributed by atoms with Crippen LogP contribution in [-0.2, 0) is 17.1 Å². The molecule has 14 heavy (non-hydrogen) atoms. The second-order valence-corrected chi connectivity index (χ2v) is 4.37. The highest BCUT2D eigenvalue weighted by Gasteiger charge is 2.17. The fourth-order valence-electron chi connectivity index (χ4n) is 0.994. The summed E-state index contributed by atoms with van der Waals surface area (Å²) in [7, 11) is -2.22. The Bertz CT molecular complexity index is 461. The van der Waals surface area contributed by atoms with Crippen LogP contribution in [0.3, 0.4) is 0 Å². The summed E-state index contributed by atoms with van der Waals surface area (Å²) in [5, 5.41) is 0. The highest BCUT2D eigenvalue weighted by atomic mass is 32.2. The summed E-state index contributed by atoms with van der Waals surface area (Å²) in [6.45, 7) is 0. The van der Waals surface area contributed by atoms with Crippen LogP contribution in [0.15, 0.2) is 17.2 Å². The van der Waals surface area contributed by atoms with Crippen LogP contribution < -0.4 is 16.4 Å². The molecule has 0 unspecified atom stereocenters. The molecule has 1 aromatic rings. The van der Waals surface area contributed by atoms with Crippen LogP contribution in [0.2, 0.25) is 0 Å². The molecule has 78 valence electrons. The lowest BCUT2D eigenvalue weighted by atomic mass is 10.4. The molecule has 1 amide bonds. The van der Waals surface area contributed by atoms with E-state index in [4.69, 9.17) is 11.6 Å². The molecule has 1 aromatic heterocycles. The molecule has 0 saturated heterocycles. The average Bonchev–Trinajstić information content (AvgIpc) is 2.48. The van der Waals surface area contributed by atoms with Gasteiger partial charge in [0.1, 0.15) is 10.6 Å². The van der Waals surface area contributed by atoms with Crippen molar-refractivity contribution >= 4 is 15.9 Å². The van der Waals surface area contributed by atoms with E-state index in [9.17, 15) is 13.2 Å². The topological polar surface area (TPSA) is 120 Å². The van der Waals surface area contributed by atoms with Gasteiger partial charge in [0.2, 0.25) is 0 Å². The van der Waals surface area contributed by atoms with Gasteiger partial charge in [-0.3, -0.25) is 10.6 Å². The van der Waals surface area contributed by atoms with Gasteiger partial charge in [0.15, 0.2) is 0 Å². The van der Waals surface area contributed by atoms with Gasteiger partial charge in [-0.1, -0.05) is 0 Å². The van der Waals surface area contributed by atoms with E-state index in [1.807, 2.05) is 0 Å². The van der Waals surface area contributed by atoms with Gasteiger partial charge < -0.3 is 10.3 Å². The third-order valence-corrected chi connectivity index (χ3v) is 2.85. The van der Waals surface area contributed by atoms with E-state index in [0.29, 0.717) is 0 Å². The number of nitrogens with one attached hydrogen (secondary N) is 1. The predicted molar refractivity (Wildman–Crippen MR) is 48.4 cm³/mol. The molecule has 1 heterocycles. The molecule has 0 saturated carbocycles. The number of hydrazine groups is 1. The van der Waals surface area contributed by atoms with Crippen LogP contribution in [0.1, 0.15) is 10.5 Å². The first-order chi connectivity index (χ1) is 6.38. The minimum absolute atomic E-state index is 0.0961. The van der Waals surface area contributed by atoms with Crippen molar-refractivity contribution in [3.8, 4) is 0 Å². The number of sulfonamides is 1. The zero-order valence-corrected chi connectivity index (χ0v) is 8.21. The van der Waals surface area contributed by atoms with Crippen LogP contribution in [0.25, 0.3) is 0 Å². The van der Waals surface area contributed by atoms with E-state index in [1.165, 1.54) is 17.8 Å². The molecule has 0 bridgehead atoms. The highest BCUT2D eigenvalue weighted by Crippen LogP contribution is 2.11. The maximum Gasteiger partial charge on any atom is 0.265 e. The third-order valence-electron chi connectivity index (χ3n) is 1.70. The quantitative estimate of drug-likeness (QED) is 0.412. The zero-order valence-electron chi connectivity index (χ0n) is 7.39. The molecular formula is C6H10N4O3S. The van der Waals surface area contributed by atoms with E-state index in [0.717, 1.165) is 6.07 Å². The molecule has 0 spiro atoms. The Kier molecular flexibility index (Phi) is 2.60. The zero-order chi connectivity index (χ0) is 10.9. The predicted octanol–water partition coefficient (Wildman–Crippen LogP) is -1.72. The smallest absolute Gasteiger partial charge is 0.265 e. The van der Waals surface area contributed by atoms with E-state index >= 15 is 0 Å². The summed E-state index contributed by atoms with van der Waals surface area (Å²) in [5.41, 5.74) is 5.10. The van der Waals surface area contributed by atoms with Crippen LogP contribution in [0.5, 0.6) is 0 Å². The lowest BCUT2D eigenvalue weighted by Crippen LogP contribution is -2.29. The SMILES string of the molecule is Cn1cc(S(=O)(=O)NN)cc1C(N)=O. The number of carbonyl (C=O) groups is 1. The first-order valence-corrected chi connectivity index (χ1v) is 5.05. The Morgan fingerprint density at radius 2 is 2.14 bits per heavy atom. The Hall–Kier alpha value is -1.38. The van der Waals surface area contributed by atoms with Crippen molar-refractivity contribution in [1.82, 2.24) is 9.40 Å². The Labute approximate surface area is 80.7 Å².